The second kappa shape index (κ2) is 16.4. The monoisotopic (exact) mass is 632 g/mol. The van der Waals surface area contributed by atoms with Gasteiger partial charge >= 0.3 is 12.1 Å². The zero-order valence-corrected chi connectivity index (χ0v) is 27.9. The zero-order chi connectivity index (χ0) is 33.9. The van der Waals surface area contributed by atoms with Crippen molar-refractivity contribution in [1.29, 1.82) is 0 Å². The molecule has 1 atom stereocenters. The Kier molecular flexibility index (Phi) is 12.7. The van der Waals surface area contributed by atoms with Crippen molar-refractivity contribution < 1.29 is 32.7 Å². The van der Waals surface area contributed by atoms with Crippen LogP contribution in [0.4, 0.5) is 4.79 Å². The number of ether oxygens (including phenoxy) is 2. The van der Waals surface area contributed by atoms with Crippen molar-refractivity contribution >= 4 is 18.0 Å². The summed E-state index contributed by atoms with van der Waals surface area (Å²) in [5, 5.41) is 10.9. The van der Waals surface area contributed by atoms with Gasteiger partial charge in [0.1, 0.15) is 23.0 Å². The second-order valence-corrected chi connectivity index (χ2v) is 11.7. The second-order valence-electron chi connectivity index (χ2n) is 11.7. The van der Waals surface area contributed by atoms with Crippen LogP contribution in [0.3, 0.4) is 0 Å². The molecule has 2 amide bonds. The first kappa shape index (κ1) is 35.5. The summed E-state index contributed by atoms with van der Waals surface area (Å²) in [6, 6.07) is 16.1. The van der Waals surface area contributed by atoms with Crippen LogP contribution in [-0.2, 0) is 9.47 Å². The summed E-state index contributed by atoms with van der Waals surface area (Å²) >= 11 is 0. The fourth-order valence-electron chi connectivity index (χ4n) is 4.45. The number of benzene rings is 2. The first-order valence-electron chi connectivity index (χ1n) is 15.3. The third-order valence-electron chi connectivity index (χ3n) is 6.52. The van der Waals surface area contributed by atoms with Crippen LogP contribution in [0.2, 0.25) is 0 Å². The Morgan fingerprint density at radius 1 is 0.957 bits per heavy atom. The number of aryl methyl sites for hydroxylation is 1. The molecule has 4 aromatic rings. The zero-order valence-electron chi connectivity index (χ0n) is 27.9. The lowest BCUT2D eigenvalue weighted by molar-refractivity contribution is 0.0499. The lowest BCUT2D eigenvalue weighted by Gasteiger charge is -2.22. The molecule has 246 valence electrons. The van der Waals surface area contributed by atoms with Crippen LogP contribution in [0, 0.1) is 6.92 Å². The summed E-state index contributed by atoms with van der Waals surface area (Å²) in [7, 11) is 1.28. The Bertz CT molecular complexity index is 1580. The summed E-state index contributed by atoms with van der Waals surface area (Å²) in [5.74, 6) is -0.219. The van der Waals surface area contributed by atoms with E-state index in [1.165, 1.54) is 25.0 Å². The fourth-order valence-corrected chi connectivity index (χ4v) is 4.45. The Morgan fingerprint density at radius 3 is 2.17 bits per heavy atom. The van der Waals surface area contributed by atoms with Gasteiger partial charge in [-0.15, -0.1) is 10.2 Å². The van der Waals surface area contributed by atoms with Crippen molar-refractivity contribution in [2.45, 2.75) is 73.0 Å². The van der Waals surface area contributed by atoms with E-state index in [4.69, 9.17) is 18.3 Å². The molecular weight excluding hydrogens is 588 g/mol. The molecule has 0 spiro atoms. The van der Waals surface area contributed by atoms with E-state index in [1.54, 1.807) is 50.8 Å². The molecule has 0 aliphatic rings. The summed E-state index contributed by atoms with van der Waals surface area (Å²) in [6.07, 6.45) is 2.37. The number of amides is 2. The first-order valence-corrected chi connectivity index (χ1v) is 15.3. The molecular formula is C35H44N4O7. The van der Waals surface area contributed by atoms with Crippen LogP contribution in [0.5, 0.6) is 0 Å². The molecule has 0 aliphatic heterocycles. The predicted molar refractivity (Wildman–Crippen MR) is 174 cm³/mol. The number of nitrogens with zero attached hydrogens (tertiary/aromatic N) is 3. The van der Waals surface area contributed by atoms with Crippen LogP contribution >= 0.6 is 0 Å². The minimum atomic E-state index is -0.661. The van der Waals surface area contributed by atoms with Gasteiger partial charge in [0.2, 0.25) is 11.8 Å². The smallest absolute Gasteiger partial charge is 0.408 e. The van der Waals surface area contributed by atoms with Gasteiger partial charge in [-0.3, -0.25) is 4.79 Å². The molecule has 0 saturated carbocycles. The molecule has 2 aromatic carbocycles. The molecule has 0 bridgehead atoms. The summed E-state index contributed by atoms with van der Waals surface area (Å²) in [4.78, 5) is 39.8. The van der Waals surface area contributed by atoms with E-state index in [2.05, 4.69) is 34.6 Å². The highest BCUT2D eigenvalue weighted by atomic mass is 16.6. The van der Waals surface area contributed by atoms with Crippen LogP contribution in [-0.4, -0.2) is 58.9 Å². The van der Waals surface area contributed by atoms with Crippen LogP contribution in [0.25, 0.3) is 22.8 Å². The summed E-state index contributed by atoms with van der Waals surface area (Å²) in [6.45, 7) is 14.3. The Balaban J connectivity index is 0.000000724. The summed E-state index contributed by atoms with van der Waals surface area (Å²) < 4.78 is 21.7. The summed E-state index contributed by atoms with van der Waals surface area (Å²) in [5.41, 5.74) is 2.16. The van der Waals surface area contributed by atoms with Gasteiger partial charge in [0.15, 0.2) is 0 Å². The number of alkyl carbamates (subject to hydrolysis) is 1. The largest absolute Gasteiger partial charge is 0.465 e. The SMILES string of the molecule is CCCN(CCC)C(=O)c1cc(-c2nnc([C@H](C)NC(=O)OC(C)(C)C)o2)cc(-c2occc2C(=O)OC)c1.Cc1ccccc1. The van der Waals surface area contributed by atoms with Gasteiger partial charge in [-0.05, 0) is 71.7 Å². The van der Waals surface area contributed by atoms with Crippen molar-refractivity contribution in [2.75, 3.05) is 20.2 Å². The quantitative estimate of drug-likeness (QED) is 0.175. The number of carbonyl (C=O) groups excluding carboxylic acids is 3. The molecule has 11 heteroatoms. The Morgan fingerprint density at radius 2 is 1.61 bits per heavy atom. The van der Waals surface area contributed by atoms with Gasteiger partial charge < -0.3 is 28.5 Å². The standard InChI is InChI=1S/C28H36N4O7.C7H8/c1-8-11-32(12-9-2)25(33)20-15-18(22-21(10-13-37-22)26(34)36-7)14-19(16-20)24-31-30-23(38-24)17(3)29-27(35)39-28(4,5)6;1-7-5-3-2-4-6-7/h10,13-17H,8-9,11-12H2,1-7H3,(H,29,35);2-6H,1H3/t17-;/m0./s1. The van der Waals surface area contributed by atoms with Crippen molar-refractivity contribution in [3.05, 3.63) is 83.4 Å². The van der Waals surface area contributed by atoms with Crippen molar-refractivity contribution in [1.82, 2.24) is 20.4 Å². The molecule has 0 unspecified atom stereocenters. The number of furan rings is 1. The number of nitrogens with one attached hydrogen (secondary N) is 1. The third-order valence-corrected chi connectivity index (χ3v) is 6.52. The van der Waals surface area contributed by atoms with E-state index >= 15 is 0 Å². The molecule has 11 nitrogen and oxygen atoms in total. The number of hydrogen-bond donors (Lipinski definition) is 1. The van der Waals surface area contributed by atoms with Gasteiger partial charge in [-0.2, -0.15) is 0 Å². The average Bonchev–Trinajstić information content (AvgIpc) is 3.71. The first-order chi connectivity index (χ1) is 21.9. The number of hydrogen-bond acceptors (Lipinski definition) is 9. The van der Waals surface area contributed by atoms with Gasteiger partial charge in [0.05, 0.1) is 13.4 Å². The van der Waals surface area contributed by atoms with Crippen molar-refractivity contribution in [3.8, 4) is 22.8 Å². The van der Waals surface area contributed by atoms with Crippen LogP contribution in [0.15, 0.2) is 69.7 Å². The highest BCUT2D eigenvalue weighted by Crippen LogP contribution is 2.32. The van der Waals surface area contributed by atoms with Gasteiger partial charge in [0.25, 0.3) is 5.91 Å². The lowest BCUT2D eigenvalue weighted by atomic mass is 10.0. The molecule has 1 N–H and O–H groups in total. The number of rotatable bonds is 10. The minimum absolute atomic E-state index is 0.127. The van der Waals surface area contributed by atoms with Gasteiger partial charge in [-0.1, -0.05) is 49.7 Å². The Labute approximate surface area is 270 Å². The average molecular weight is 633 g/mol. The molecule has 2 aromatic heterocycles. The van der Waals surface area contributed by atoms with Crippen LogP contribution in [0.1, 0.15) is 92.6 Å². The fraction of sp³-hybridized carbons (Fsp3) is 0.400. The maximum Gasteiger partial charge on any atom is 0.408 e. The van der Waals surface area contributed by atoms with Crippen molar-refractivity contribution in [2.24, 2.45) is 0 Å². The predicted octanol–water partition coefficient (Wildman–Crippen LogP) is 7.63. The van der Waals surface area contributed by atoms with Crippen molar-refractivity contribution in [3.63, 3.8) is 0 Å². The lowest BCUT2D eigenvalue weighted by Crippen LogP contribution is -2.34. The number of carbonyl (C=O) groups is 3. The van der Waals surface area contributed by atoms with Gasteiger partial charge in [-0.25, -0.2) is 9.59 Å². The number of aromatic nitrogens is 2. The minimum Gasteiger partial charge on any atom is -0.465 e. The maximum atomic E-state index is 13.5. The van der Waals surface area contributed by atoms with E-state index in [0.717, 1.165) is 12.8 Å². The van der Waals surface area contributed by atoms with E-state index in [-0.39, 0.29) is 29.0 Å². The highest BCUT2D eigenvalue weighted by Gasteiger charge is 2.25. The maximum absolute atomic E-state index is 13.5. The molecule has 4 rings (SSSR count). The molecule has 0 fully saturated rings. The topological polar surface area (TPSA) is 137 Å². The van der Waals surface area contributed by atoms with Gasteiger partial charge in [0, 0.05) is 29.8 Å². The molecule has 46 heavy (non-hydrogen) atoms. The third kappa shape index (κ3) is 10.0. The molecule has 2 heterocycles. The van der Waals surface area contributed by atoms with E-state index in [1.807, 2.05) is 32.0 Å². The highest BCUT2D eigenvalue weighted by molar-refractivity contribution is 5.99. The molecule has 0 radical (unpaired) electrons. The van der Waals surface area contributed by atoms with E-state index in [0.29, 0.717) is 29.8 Å². The molecule has 0 aliphatic carbocycles. The van der Waals surface area contributed by atoms with Crippen LogP contribution < -0.4 is 5.32 Å². The normalized spacial score (nSPS) is 11.6. The molecule has 0 saturated heterocycles. The number of esters is 1. The van der Waals surface area contributed by atoms with E-state index < -0.39 is 23.7 Å². The number of methoxy groups -OCH3 is 1. The Hall–Kier alpha value is -4.93. The van der Waals surface area contributed by atoms with E-state index in [9.17, 15) is 14.4 Å².